The highest BCUT2D eigenvalue weighted by Gasteiger charge is 2.50. The van der Waals surface area contributed by atoms with Gasteiger partial charge in [-0.15, -0.1) is 11.6 Å². The van der Waals surface area contributed by atoms with Crippen molar-refractivity contribution in [1.29, 1.82) is 0 Å². The number of rotatable bonds is 2. The van der Waals surface area contributed by atoms with Crippen molar-refractivity contribution < 1.29 is 9.53 Å². The largest absolute Gasteiger partial charge is 0.430 e. The zero-order valence-electron chi connectivity index (χ0n) is 7.25. The Bertz CT molecular complexity index is 287. The van der Waals surface area contributed by atoms with Crippen LogP contribution in [0.3, 0.4) is 0 Å². The lowest BCUT2D eigenvalue weighted by molar-refractivity contribution is -0.140. The monoisotopic (exact) mass is 198 g/mol. The van der Waals surface area contributed by atoms with Crippen LogP contribution in [-0.4, -0.2) is 10.8 Å². The van der Waals surface area contributed by atoms with Crippen molar-refractivity contribution >= 4 is 17.6 Å². The van der Waals surface area contributed by atoms with E-state index in [0.717, 1.165) is 31.4 Å². The van der Waals surface area contributed by atoms with Crippen LogP contribution in [0.1, 0.15) is 25.7 Å². The molecule has 0 radical (unpaired) electrons. The van der Waals surface area contributed by atoms with Crippen molar-refractivity contribution in [2.75, 3.05) is 0 Å². The first-order valence-corrected chi connectivity index (χ1v) is 4.85. The van der Waals surface area contributed by atoms with Crippen LogP contribution in [0, 0.1) is 0 Å². The van der Waals surface area contributed by atoms with Crippen LogP contribution in [0.4, 0.5) is 0 Å². The van der Waals surface area contributed by atoms with Gasteiger partial charge in [0.25, 0.3) is 0 Å². The first-order chi connectivity index (χ1) is 6.21. The third-order valence-corrected chi connectivity index (χ3v) is 2.79. The molecule has 0 N–H and O–H groups in total. The lowest BCUT2D eigenvalue weighted by Gasteiger charge is -2.11. The number of halogens is 1. The van der Waals surface area contributed by atoms with Gasteiger partial charge in [-0.1, -0.05) is 12.2 Å². The van der Waals surface area contributed by atoms with Crippen molar-refractivity contribution in [1.82, 2.24) is 0 Å². The number of alkyl halides is 1. The molecule has 0 aliphatic heterocycles. The van der Waals surface area contributed by atoms with Gasteiger partial charge in [-0.3, -0.25) is 0 Å². The Morgan fingerprint density at radius 3 is 2.85 bits per heavy atom. The standard InChI is InChI=1S/C10H11ClO2/c11-10(6-7-10)9(12)13-8-4-2-1-3-5-8/h1-2,4H,3,5-7H2. The van der Waals surface area contributed by atoms with E-state index in [1.807, 2.05) is 18.2 Å². The van der Waals surface area contributed by atoms with Crippen molar-refractivity contribution in [3.63, 3.8) is 0 Å². The molecule has 70 valence electrons. The van der Waals surface area contributed by atoms with Crippen molar-refractivity contribution in [2.24, 2.45) is 0 Å². The third kappa shape index (κ3) is 1.94. The average molecular weight is 199 g/mol. The predicted molar refractivity (Wildman–Crippen MR) is 50.4 cm³/mol. The fourth-order valence-electron chi connectivity index (χ4n) is 1.19. The molecule has 0 bridgehead atoms. The highest BCUT2D eigenvalue weighted by molar-refractivity contribution is 6.36. The van der Waals surface area contributed by atoms with Crippen molar-refractivity contribution in [2.45, 2.75) is 30.6 Å². The quantitative estimate of drug-likeness (QED) is 0.504. The molecule has 0 heterocycles. The fraction of sp³-hybridized carbons (Fsp3) is 0.500. The van der Waals surface area contributed by atoms with E-state index in [2.05, 4.69) is 0 Å². The summed E-state index contributed by atoms with van der Waals surface area (Å²) in [5.74, 6) is 0.454. The molecule has 0 unspecified atom stereocenters. The molecule has 2 rings (SSSR count). The van der Waals surface area contributed by atoms with Gasteiger partial charge in [0.2, 0.25) is 0 Å². The van der Waals surface area contributed by atoms with Gasteiger partial charge >= 0.3 is 5.97 Å². The molecular formula is C10H11ClO2. The van der Waals surface area contributed by atoms with Crippen LogP contribution >= 0.6 is 11.6 Å². The number of hydrogen-bond donors (Lipinski definition) is 0. The van der Waals surface area contributed by atoms with Crippen LogP contribution in [0.25, 0.3) is 0 Å². The summed E-state index contributed by atoms with van der Waals surface area (Å²) >= 11 is 5.89. The van der Waals surface area contributed by atoms with E-state index in [0.29, 0.717) is 0 Å². The van der Waals surface area contributed by atoms with E-state index < -0.39 is 4.87 Å². The summed E-state index contributed by atoms with van der Waals surface area (Å²) in [6.45, 7) is 0. The van der Waals surface area contributed by atoms with Gasteiger partial charge in [-0.25, -0.2) is 4.79 Å². The maximum atomic E-state index is 11.4. The maximum absolute atomic E-state index is 11.4. The normalized spacial score (nSPS) is 23.6. The molecule has 1 saturated carbocycles. The lowest BCUT2D eigenvalue weighted by atomic mass is 10.2. The Morgan fingerprint density at radius 1 is 1.54 bits per heavy atom. The Morgan fingerprint density at radius 2 is 2.31 bits per heavy atom. The van der Waals surface area contributed by atoms with Crippen LogP contribution in [-0.2, 0) is 9.53 Å². The molecule has 0 saturated heterocycles. The molecule has 0 spiro atoms. The highest BCUT2D eigenvalue weighted by Crippen LogP contribution is 2.44. The fourth-order valence-corrected chi connectivity index (χ4v) is 1.32. The average Bonchev–Trinajstić information content (AvgIpc) is 2.87. The smallest absolute Gasteiger partial charge is 0.332 e. The minimum atomic E-state index is -0.692. The third-order valence-electron chi connectivity index (χ3n) is 2.25. The molecule has 0 atom stereocenters. The molecule has 0 aromatic rings. The molecule has 2 aliphatic carbocycles. The maximum Gasteiger partial charge on any atom is 0.332 e. The summed E-state index contributed by atoms with van der Waals surface area (Å²) in [5.41, 5.74) is 0. The summed E-state index contributed by atoms with van der Waals surface area (Å²) < 4.78 is 5.16. The SMILES string of the molecule is O=C(OC1=CC=CCC1)C1(Cl)CC1. The minimum Gasteiger partial charge on any atom is -0.430 e. The molecular weight excluding hydrogens is 188 g/mol. The predicted octanol–water partition coefficient (Wildman–Crippen LogP) is 2.53. The van der Waals surface area contributed by atoms with E-state index in [1.54, 1.807) is 0 Å². The Labute approximate surface area is 82.2 Å². The highest BCUT2D eigenvalue weighted by atomic mass is 35.5. The second-order valence-corrected chi connectivity index (χ2v) is 4.18. The second-order valence-electron chi connectivity index (χ2n) is 3.45. The first kappa shape index (κ1) is 8.82. The van der Waals surface area contributed by atoms with E-state index in [9.17, 15) is 4.79 Å². The van der Waals surface area contributed by atoms with Crippen molar-refractivity contribution in [3.05, 3.63) is 24.0 Å². The zero-order chi connectivity index (χ0) is 9.31. The van der Waals surface area contributed by atoms with Crippen LogP contribution in [0.2, 0.25) is 0 Å². The zero-order valence-corrected chi connectivity index (χ0v) is 8.01. The number of carbonyl (C=O) groups is 1. The Hall–Kier alpha value is -0.760. The molecule has 1 fully saturated rings. The number of allylic oxidation sites excluding steroid dienone is 4. The van der Waals surface area contributed by atoms with Crippen LogP contribution < -0.4 is 0 Å². The van der Waals surface area contributed by atoms with Gasteiger partial charge in [0.05, 0.1) is 0 Å². The van der Waals surface area contributed by atoms with E-state index in [-0.39, 0.29) is 5.97 Å². The molecule has 0 aromatic carbocycles. The summed E-state index contributed by atoms with van der Waals surface area (Å²) in [4.78, 5) is 10.7. The summed E-state index contributed by atoms with van der Waals surface area (Å²) in [6, 6.07) is 0. The second kappa shape index (κ2) is 3.18. The van der Waals surface area contributed by atoms with E-state index in [4.69, 9.17) is 16.3 Å². The summed E-state index contributed by atoms with van der Waals surface area (Å²) in [7, 11) is 0. The number of hydrogen-bond acceptors (Lipinski definition) is 2. The van der Waals surface area contributed by atoms with E-state index >= 15 is 0 Å². The first-order valence-electron chi connectivity index (χ1n) is 4.48. The molecule has 2 aliphatic rings. The van der Waals surface area contributed by atoms with Gasteiger partial charge in [-0.05, 0) is 25.3 Å². The Balaban J connectivity index is 1.94. The van der Waals surface area contributed by atoms with Gasteiger partial charge in [0.15, 0.2) is 0 Å². The number of carbonyl (C=O) groups excluding carboxylic acids is 1. The summed E-state index contributed by atoms with van der Waals surface area (Å²) in [6.07, 6.45) is 9.01. The lowest BCUT2D eigenvalue weighted by Crippen LogP contribution is -2.18. The number of ether oxygens (including phenoxy) is 1. The molecule has 2 nitrogen and oxygen atoms in total. The number of esters is 1. The Kier molecular flexibility index (Phi) is 2.16. The molecule has 0 amide bonds. The van der Waals surface area contributed by atoms with E-state index in [1.165, 1.54) is 0 Å². The molecule has 0 aromatic heterocycles. The van der Waals surface area contributed by atoms with Gasteiger partial charge in [0.1, 0.15) is 10.6 Å². The van der Waals surface area contributed by atoms with Crippen LogP contribution in [0.15, 0.2) is 24.0 Å². The van der Waals surface area contributed by atoms with Crippen molar-refractivity contribution in [3.8, 4) is 0 Å². The van der Waals surface area contributed by atoms with Gasteiger partial charge in [-0.2, -0.15) is 0 Å². The molecule has 13 heavy (non-hydrogen) atoms. The van der Waals surface area contributed by atoms with Crippen LogP contribution in [0.5, 0.6) is 0 Å². The van der Waals surface area contributed by atoms with Gasteiger partial charge < -0.3 is 4.74 Å². The summed E-state index contributed by atoms with van der Waals surface area (Å²) in [5, 5.41) is 0. The minimum absolute atomic E-state index is 0.282. The topological polar surface area (TPSA) is 26.3 Å². The van der Waals surface area contributed by atoms with Gasteiger partial charge in [0, 0.05) is 6.42 Å². The molecule has 3 heteroatoms.